The van der Waals surface area contributed by atoms with Crippen molar-refractivity contribution in [3.63, 3.8) is 0 Å². The number of nitrogens with zero attached hydrogens (tertiary/aromatic N) is 3. The smallest absolute Gasteiger partial charge is 0.251 e. The molecule has 0 radical (unpaired) electrons. The first-order chi connectivity index (χ1) is 20.3. The summed E-state index contributed by atoms with van der Waals surface area (Å²) >= 11 is 11.8. The number of amidine groups is 1. The molecular weight excluding hydrogens is 575 g/mol. The average Bonchev–Trinajstić information content (AvgIpc) is 3.55. The molecular formula is C30H36Cl2N8O2. The van der Waals surface area contributed by atoms with Crippen molar-refractivity contribution in [2.45, 2.75) is 25.7 Å². The van der Waals surface area contributed by atoms with E-state index in [9.17, 15) is 9.59 Å². The maximum absolute atomic E-state index is 12.7. The molecule has 0 bridgehead atoms. The van der Waals surface area contributed by atoms with Crippen molar-refractivity contribution in [1.29, 1.82) is 5.41 Å². The molecule has 4 rings (SSSR count). The van der Waals surface area contributed by atoms with Gasteiger partial charge in [-0.25, -0.2) is 4.98 Å². The highest BCUT2D eigenvalue weighted by atomic mass is 35.5. The monoisotopic (exact) mass is 610 g/mol. The van der Waals surface area contributed by atoms with Gasteiger partial charge >= 0.3 is 0 Å². The van der Waals surface area contributed by atoms with Gasteiger partial charge in [0.15, 0.2) is 5.82 Å². The fourth-order valence-electron chi connectivity index (χ4n) is 4.68. The number of fused-ring (bicyclic) bond motifs is 1. The zero-order valence-electron chi connectivity index (χ0n) is 23.6. The van der Waals surface area contributed by atoms with E-state index in [0.29, 0.717) is 48.2 Å². The molecule has 222 valence electrons. The van der Waals surface area contributed by atoms with Crippen molar-refractivity contribution in [2.24, 2.45) is 12.8 Å². The van der Waals surface area contributed by atoms with Crippen LogP contribution < -0.4 is 21.3 Å². The molecule has 2 heterocycles. The highest BCUT2D eigenvalue weighted by Gasteiger charge is 2.14. The number of amides is 2. The number of rotatable bonds is 15. The average molecular weight is 612 g/mol. The third-order valence-corrected chi connectivity index (χ3v) is 7.17. The van der Waals surface area contributed by atoms with Crippen LogP contribution >= 0.6 is 23.2 Å². The number of nitrogens with two attached hydrogens (primary N) is 1. The zero-order valence-corrected chi connectivity index (χ0v) is 25.1. The highest BCUT2D eigenvalue weighted by molar-refractivity contribution is 6.18. The Balaban J connectivity index is 1.31. The summed E-state index contributed by atoms with van der Waals surface area (Å²) in [5, 5.41) is 13.0. The lowest BCUT2D eigenvalue weighted by atomic mass is 10.1. The molecule has 0 atom stereocenters. The molecule has 0 aliphatic carbocycles. The molecule has 0 saturated heterocycles. The first kappa shape index (κ1) is 30.9. The number of benzene rings is 2. The Morgan fingerprint density at radius 3 is 2.50 bits per heavy atom. The minimum absolute atomic E-state index is 0.0257. The molecule has 2 aromatic carbocycles. The largest absolute Gasteiger partial charge is 0.388 e. The number of carbonyl (C=O) groups is 2. The van der Waals surface area contributed by atoms with Gasteiger partial charge in [0.05, 0.1) is 28.3 Å². The predicted octanol–water partition coefficient (Wildman–Crippen LogP) is 4.87. The number of hydrogen-bond donors (Lipinski definition) is 5. The fraction of sp³-hybridized carbons (Fsp3) is 0.333. The molecule has 0 unspecified atom stereocenters. The van der Waals surface area contributed by atoms with Crippen LogP contribution in [-0.4, -0.2) is 63.6 Å². The van der Waals surface area contributed by atoms with Crippen molar-refractivity contribution in [3.05, 3.63) is 65.9 Å². The lowest BCUT2D eigenvalue weighted by molar-refractivity contribution is -0.116. The van der Waals surface area contributed by atoms with E-state index in [1.165, 1.54) is 5.56 Å². The molecule has 0 fully saturated rings. The van der Waals surface area contributed by atoms with Crippen molar-refractivity contribution in [2.75, 3.05) is 41.6 Å². The number of H-pyrrole nitrogens is 1. The Kier molecular flexibility index (Phi) is 10.9. The number of nitrogens with one attached hydrogen (secondary N) is 4. The quantitative estimate of drug-likeness (QED) is 0.0740. The first-order valence-corrected chi connectivity index (χ1v) is 14.9. The minimum atomic E-state index is -0.244. The second kappa shape index (κ2) is 14.7. The van der Waals surface area contributed by atoms with Gasteiger partial charge in [-0.2, -0.15) is 0 Å². The third kappa shape index (κ3) is 8.27. The molecule has 42 heavy (non-hydrogen) atoms. The highest BCUT2D eigenvalue weighted by Crippen LogP contribution is 2.25. The van der Waals surface area contributed by atoms with E-state index in [1.807, 2.05) is 23.9 Å². The molecule has 2 aromatic heterocycles. The summed E-state index contributed by atoms with van der Waals surface area (Å²) in [6.07, 6.45) is 4.08. The van der Waals surface area contributed by atoms with Gasteiger partial charge in [0.2, 0.25) is 5.91 Å². The van der Waals surface area contributed by atoms with Gasteiger partial charge in [-0.3, -0.25) is 15.0 Å². The summed E-state index contributed by atoms with van der Waals surface area (Å²) in [6, 6.07) is 15.4. The van der Waals surface area contributed by atoms with Crippen molar-refractivity contribution < 1.29 is 9.59 Å². The third-order valence-electron chi connectivity index (χ3n) is 6.83. The van der Waals surface area contributed by atoms with Crippen LogP contribution in [0.4, 0.5) is 11.4 Å². The summed E-state index contributed by atoms with van der Waals surface area (Å²) in [7, 11) is 1.89. The van der Waals surface area contributed by atoms with Crippen LogP contribution in [0.3, 0.4) is 0 Å². The lowest BCUT2D eigenvalue weighted by Gasteiger charge is -2.23. The number of anilines is 2. The van der Waals surface area contributed by atoms with Crippen LogP contribution in [0.1, 0.15) is 35.2 Å². The van der Waals surface area contributed by atoms with Gasteiger partial charge in [0, 0.05) is 68.7 Å². The summed E-state index contributed by atoms with van der Waals surface area (Å²) in [4.78, 5) is 35.2. The van der Waals surface area contributed by atoms with Crippen molar-refractivity contribution in [3.8, 4) is 11.5 Å². The zero-order chi connectivity index (χ0) is 30.1. The lowest BCUT2D eigenvalue weighted by Crippen LogP contribution is -2.27. The van der Waals surface area contributed by atoms with E-state index in [0.717, 1.165) is 48.3 Å². The minimum Gasteiger partial charge on any atom is -0.388 e. The number of hydrogen-bond acceptors (Lipinski definition) is 5. The van der Waals surface area contributed by atoms with Crippen LogP contribution in [-0.2, 0) is 18.3 Å². The molecule has 0 saturated carbocycles. The van der Waals surface area contributed by atoms with E-state index >= 15 is 0 Å². The Morgan fingerprint density at radius 1 is 1.07 bits per heavy atom. The number of aryl methyl sites for hydroxylation is 2. The van der Waals surface area contributed by atoms with Crippen molar-refractivity contribution >= 4 is 63.3 Å². The number of aromatic nitrogens is 3. The van der Waals surface area contributed by atoms with Gasteiger partial charge < -0.3 is 30.8 Å². The van der Waals surface area contributed by atoms with Crippen LogP contribution in [0, 0.1) is 5.41 Å². The van der Waals surface area contributed by atoms with E-state index in [4.69, 9.17) is 34.3 Å². The summed E-state index contributed by atoms with van der Waals surface area (Å²) in [6.45, 7) is 1.79. The predicted molar refractivity (Wildman–Crippen MR) is 171 cm³/mol. The Bertz CT molecular complexity index is 1520. The molecule has 12 heteroatoms. The maximum atomic E-state index is 12.7. The van der Waals surface area contributed by atoms with Gasteiger partial charge in [-0.15, -0.1) is 23.2 Å². The van der Waals surface area contributed by atoms with E-state index in [2.05, 4.69) is 49.8 Å². The van der Waals surface area contributed by atoms with E-state index in [-0.39, 0.29) is 17.6 Å². The van der Waals surface area contributed by atoms with Gasteiger partial charge in [0.25, 0.3) is 5.91 Å². The van der Waals surface area contributed by atoms with Crippen LogP contribution in [0.5, 0.6) is 0 Å². The number of imidazole rings is 1. The molecule has 0 aliphatic rings. The Hall–Kier alpha value is -4.02. The number of halogens is 2. The van der Waals surface area contributed by atoms with Gasteiger partial charge in [-0.05, 0) is 54.8 Å². The second-order valence-electron chi connectivity index (χ2n) is 10.0. The summed E-state index contributed by atoms with van der Waals surface area (Å²) in [5.74, 6) is 1.44. The molecule has 2 amide bonds. The SMILES string of the molecule is Cn1cc(NC(=O)CCCc2ccc(N(CCCl)CCCl)cc2)cc1-c1nc2ccc(C(=O)NCCC(=N)N)cc2[nH]1. The molecule has 0 spiro atoms. The Morgan fingerprint density at radius 2 is 1.81 bits per heavy atom. The normalized spacial score (nSPS) is 11.0. The van der Waals surface area contributed by atoms with E-state index < -0.39 is 0 Å². The van der Waals surface area contributed by atoms with E-state index in [1.54, 1.807) is 18.2 Å². The number of alkyl halides is 2. The van der Waals surface area contributed by atoms with Gasteiger partial charge in [0.1, 0.15) is 0 Å². The standard InChI is InChI=1S/C30H36Cl2N8O2/c1-39-19-22(36-28(41)4-2-3-20-5-8-23(9-6-20)40(15-12-31)16-13-32)18-26(39)29-37-24-10-7-21(17-25(24)38-29)30(42)35-14-11-27(33)34/h5-10,17-19H,2-4,11-16H2,1H3,(H3,33,34)(H,35,42)(H,36,41)(H,37,38). The first-order valence-electron chi connectivity index (χ1n) is 13.8. The summed E-state index contributed by atoms with van der Waals surface area (Å²) in [5.41, 5.74) is 11.0. The Labute approximate surface area is 255 Å². The molecule has 4 aromatic rings. The van der Waals surface area contributed by atoms with Crippen LogP contribution in [0.25, 0.3) is 22.6 Å². The van der Waals surface area contributed by atoms with Crippen molar-refractivity contribution in [1.82, 2.24) is 19.9 Å². The maximum Gasteiger partial charge on any atom is 0.251 e. The molecule has 0 aliphatic heterocycles. The molecule has 10 nitrogen and oxygen atoms in total. The van der Waals surface area contributed by atoms with Crippen LogP contribution in [0.2, 0.25) is 0 Å². The van der Waals surface area contributed by atoms with Gasteiger partial charge in [-0.1, -0.05) is 12.1 Å². The topological polar surface area (TPSA) is 145 Å². The number of carbonyl (C=O) groups excluding carboxylic acids is 2. The summed E-state index contributed by atoms with van der Waals surface area (Å²) < 4.78 is 1.89. The van der Waals surface area contributed by atoms with Crippen LogP contribution in [0.15, 0.2) is 54.7 Å². The number of aromatic amines is 1. The second-order valence-corrected chi connectivity index (χ2v) is 10.8. The molecule has 6 N–H and O–H groups in total. The fourth-order valence-corrected chi connectivity index (χ4v) is 5.09.